The summed E-state index contributed by atoms with van der Waals surface area (Å²) in [4.78, 5) is 31.0. The van der Waals surface area contributed by atoms with Crippen LogP contribution in [-0.4, -0.2) is 61.7 Å². The van der Waals surface area contributed by atoms with Crippen molar-refractivity contribution in [1.29, 1.82) is 0 Å². The van der Waals surface area contributed by atoms with Crippen molar-refractivity contribution in [3.8, 4) is 5.75 Å². The summed E-state index contributed by atoms with van der Waals surface area (Å²) >= 11 is 1.65. The third-order valence-corrected chi connectivity index (χ3v) is 7.10. The first-order chi connectivity index (χ1) is 17.4. The van der Waals surface area contributed by atoms with Crippen LogP contribution in [0.3, 0.4) is 0 Å². The normalized spacial score (nSPS) is 14.8. The number of nitrogens with one attached hydrogen (secondary N) is 1. The highest BCUT2D eigenvalue weighted by atomic mass is 32.1. The van der Waals surface area contributed by atoms with Crippen LogP contribution in [0.4, 0.5) is 14.9 Å². The highest BCUT2D eigenvalue weighted by Crippen LogP contribution is 2.34. The van der Waals surface area contributed by atoms with E-state index in [1.165, 1.54) is 21.9 Å². The van der Waals surface area contributed by atoms with Gasteiger partial charge >= 0.3 is 6.03 Å². The van der Waals surface area contributed by atoms with Gasteiger partial charge in [0.25, 0.3) is 0 Å². The zero-order valence-corrected chi connectivity index (χ0v) is 21.2. The van der Waals surface area contributed by atoms with E-state index in [4.69, 9.17) is 9.47 Å². The van der Waals surface area contributed by atoms with Crippen molar-refractivity contribution in [3.63, 3.8) is 0 Å². The SMILES string of the molecule is COCCN(CC(=O)N1CCc2sccc2[C@H]1COc1cccc(F)c1)C(=O)Nc1ccc(C)cc1. The molecule has 36 heavy (non-hydrogen) atoms. The fourth-order valence-corrected chi connectivity index (χ4v) is 5.08. The summed E-state index contributed by atoms with van der Waals surface area (Å²) in [6, 6.07) is 14.7. The first-order valence-electron chi connectivity index (χ1n) is 11.8. The van der Waals surface area contributed by atoms with E-state index in [1.54, 1.807) is 35.5 Å². The molecule has 1 aromatic heterocycles. The Morgan fingerprint density at radius 2 is 2.00 bits per heavy atom. The lowest BCUT2D eigenvalue weighted by molar-refractivity contribution is -0.135. The van der Waals surface area contributed by atoms with Gasteiger partial charge in [-0.05, 0) is 54.6 Å². The number of benzene rings is 2. The molecule has 9 heteroatoms. The third-order valence-electron chi connectivity index (χ3n) is 6.10. The van der Waals surface area contributed by atoms with Gasteiger partial charge in [0.1, 0.15) is 24.7 Å². The van der Waals surface area contributed by atoms with Crippen molar-refractivity contribution in [1.82, 2.24) is 9.80 Å². The number of halogens is 1. The van der Waals surface area contributed by atoms with Gasteiger partial charge in [0.2, 0.25) is 5.91 Å². The van der Waals surface area contributed by atoms with Crippen LogP contribution in [0.15, 0.2) is 60.0 Å². The second-order valence-electron chi connectivity index (χ2n) is 8.63. The monoisotopic (exact) mass is 511 g/mol. The fraction of sp³-hybridized carbons (Fsp3) is 0.333. The highest BCUT2D eigenvalue weighted by molar-refractivity contribution is 7.10. The minimum atomic E-state index is -0.381. The third kappa shape index (κ3) is 6.41. The van der Waals surface area contributed by atoms with Crippen molar-refractivity contribution < 1.29 is 23.5 Å². The number of methoxy groups -OCH3 is 1. The van der Waals surface area contributed by atoms with E-state index >= 15 is 0 Å². The van der Waals surface area contributed by atoms with E-state index in [2.05, 4.69) is 5.32 Å². The number of carbonyl (C=O) groups is 2. The van der Waals surface area contributed by atoms with Gasteiger partial charge in [-0.15, -0.1) is 11.3 Å². The standard InChI is InChI=1S/C27H30FN3O4S/c1-19-6-8-21(9-7-19)29-27(33)30(13-14-34-2)17-26(32)31-12-10-25-23(11-15-36-25)24(31)18-35-22-5-3-4-20(28)16-22/h3-9,11,15-16,24H,10,12-14,17-18H2,1-2H3,(H,29,33)/t24-/m1/s1. The van der Waals surface area contributed by atoms with Crippen molar-refractivity contribution in [2.75, 3.05) is 45.3 Å². The number of anilines is 1. The largest absolute Gasteiger partial charge is 0.491 e. The maximum atomic E-state index is 13.6. The Hall–Kier alpha value is -3.43. The molecule has 4 rings (SSSR count). The van der Waals surface area contributed by atoms with Crippen LogP contribution in [0, 0.1) is 12.7 Å². The average Bonchev–Trinajstić information content (AvgIpc) is 3.35. The van der Waals surface area contributed by atoms with Crippen LogP contribution in [0.5, 0.6) is 5.75 Å². The zero-order valence-electron chi connectivity index (χ0n) is 20.4. The van der Waals surface area contributed by atoms with E-state index in [0.29, 0.717) is 24.6 Å². The number of carbonyl (C=O) groups excluding carboxylic acids is 2. The molecule has 3 amide bonds. The van der Waals surface area contributed by atoms with E-state index in [-0.39, 0.29) is 43.5 Å². The van der Waals surface area contributed by atoms with Gasteiger partial charge < -0.3 is 24.6 Å². The topological polar surface area (TPSA) is 71.1 Å². The molecular formula is C27H30FN3O4S. The molecule has 0 radical (unpaired) electrons. The van der Waals surface area contributed by atoms with E-state index in [0.717, 1.165) is 17.5 Å². The number of rotatable bonds is 9. The van der Waals surface area contributed by atoms with Crippen molar-refractivity contribution in [2.24, 2.45) is 0 Å². The van der Waals surface area contributed by atoms with Crippen LogP contribution in [-0.2, 0) is 16.0 Å². The smallest absolute Gasteiger partial charge is 0.322 e. The molecule has 0 aliphatic carbocycles. The molecule has 190 valence electrons. The molecule has 2 heterocycles. The predicted molar refractivity (Wildman–Crippen MR) is 138 cm³/mol. The number of amides is 3. The van der Waals surface area contributed by atoms with Crippen LogP contribution in [0.25, 0.3) is 0 Å². The van der Waals surface area contributed by atoms with Gasteiger partial charge in [-0.2, -0.15) is 0 Å². The number of fused-ring (bicyclic) bond motifs is 1. The van der Waals surface area contributed by atoms with Gasteiger partial charge in [0.15, 0.2) is 0 Å². The first-order valence-corrected chi connectivity index (χ1v) is 12.7. The van der Waals surface area contributed by atoms with Crippen LogP contribution in [0.1, 0.15) is 22.0 Å². The lowest BCUT2D eigenvalue weighted by atomic mass is 10.0. The molecule has 0 saturated heterocycles. The summed E-state index contributed by atoms with van der Waals surface area (Å²) < 4.78 is 24.7. The number of hydrogen-bond acceptors (Lipinski definition) is 5. The van der Waals surface area contributed by atoms with Crippen LogP contribution < -0.4 is 10.1 Å². The maximum Gasteiger partial charge on any atom is 0.322 e. The molecule has 2 aromatic carbocycles. The molecule has 0 saturated carbocycles. The minimum absolute atomic E-state index is 0.100. The average molecular weight is 512 g/mol. The summed E-state index contributed by atoms with van der Waals surface area (Å²) in [5, 5.41) is 4.87. The van der Waals surface area contributed by atoms with E-state index in [9.17, 15) is 14.0 Å². The summed E-state index contributed by atoms with van der Waals surface area (Å²) in [5.41, 5.74) is 2.77. The molecule has 0 fully saturated rings. The summed E-state index contributed by atoms with van der Waals surface area (Å²) in [6.45, 7) is 3.14. The molecule has 0 bridgehead atoms. The Morgan fingerprint density at radius 1 is 1.19 bits per heavy atom. The van der Waals surface area contributed by atoms with Crippen LogP contribution in [0.2, 0.25) is 0 Å². The fourth-order valence-electron chi connectivity index (χ4n) is 4.15. The summed E-state index contributed by atoms with van der Waals surface area (Å²) in [5.74, 6) is -0.160. The van der Waals surface area contributed by atoms with E-state index in [1.807, 2.05) is 42.6 Å². The molecule has 1 aliphatic rings. The summed E-state index contributed by atoms with van der Waals surface area (Å²) in [7, 11) is 1.56. The van der Waals surface area contributed by atoms with Gasteiger partial charge in [-0.25, -0.2) is 9.18 Å². The number of ether oxygens (including phenoxy) is 2. The van der Waals surface area contributed by atoms with E-state index < -0.39 is 0 Å². The van der Waals surface area contributed by atoms with Gasteiger partial charge in [-0.1, -0.05) is 23.8 Å². The highest BCUT2D eigenvalue weighted by Gasteiger charge is 2.33. The Morgan fingerprint density at radius 3 is 2.75 bits per heavy atom. The lowest BCUT2D eigenvalue weighted by Gasteiger charge is -2.37. The molecule has 1 N–H and O–H groups in total. The Bertz CT molecular complexity index is 1180. The number of nitrogens with zero attached hydrogens (tertiary/aromatic N) is 2. The number of hydrogen-bond donors (Lipinski definition) is 1. The summed E-state index contributed by atoms with van der Waals surface area (Å²) in [6.07, 6.45) is 0.739. The Kier molecular flexibility index (Phi) is 8.56. The molecule has 3 aromatic rings. The first kappa shape index (κ1) is 25.7. The second-order valence-corrected chi connectivity index (χ2v) is 9.63. The van der Waals surface area contributed by atoms with Gasteiger partial charge in [0, 0.05) is 36.8 Å². The second kappa shape index (κ2) is 12.0. The number of urea groups is 1. The van der Waals surface area contributed by atoms with Crippen molar-refractivity contribution in [3.05, 3.63) is 81.8 Å². The predicted octanol–water partition coefficient (Wildman–Crippen LogP) is 4.88. The molecule has 0 spiro atoms. The van der Waals surface area contributed by atoms with Crippen molar-refractivity contribution >= 4 is 29.0 Å². The molecule has 1 atom stereocenters. The molecule has 0 unspecified atom stereocenters. The minimum Gasteiger partial charge on any atom is -0.491 e. The molecule has 7 nitrogen and oxygen atoms in total. The lowest BCUT2D eigenvalue weighted by Crippen LogP contribution is -2.49. The molecular weight excluding hydrogens is 481 g/mol. The Balaban J connectivity index is 1.48. The number of aryl methyl sites for hydroxylation is 1. The quantitative estimate of drug-likeness (QED) is 0.445. The number of thiophene rings is 1. The van der Waals surface area contributed by atoms with Gasteiger partial charge in [-0.3, -0.25) is 4.79 Å². The van der Waals surface area contributed by atoms with Crippen molar-refractivity contribution in [2.45, 2.75) is 19.4 Å². The zero-order chi connectivity index (χ0) is 25.5. The maximum absolute atomic E-state index is 13.6. The molecule has 1 aliphatic heterocycles. The Labute approximate surface area is 214 Å². The van der Waals surface area contributed by atoms with Crippen LogP contribution >= 0.6 is 11.3 Å². The van der Waals surface area contributed by atoms with Gasteiger partial charge in [0.05, 0.1) is 12.6 Å².